The van der Waals surface area contributed by atoms with Crippen LogP contribution in [0.3, 0.4) is 0 Å². The van der Waals surface area contributed by atoms with Gasteiger partial charge in [-0.3, -0.25) is 9.59 Å². The van der Waals surface area contributed by atoms with E-state index in [1.807, 2.05) is 30.3 Å². The summed E-state index contributed by atoms with van der Waals surface area (Å²) < 4.78 is 72.6. The molecule has 0 fully saturated rings. The first-order chi connectivity index (χ1) is 23.8. The monoisotopic (exact) mass is 700 g/mol. The van der Waals surface area contributed by atoms with Crippen molar-refractivity contribution in [1.29, 1.82) is 0 Å². The van der Waals surface area contributed by atoms with E-state index in [1.54, 1.807) is 6.92 Å². The van der Waals surface area contributed by atoms with Gasteiger partial charge in [-0.1, -0.05) is 48.5 Å². The number of anilines is 1. The van der Waals surface area contributed by atoms with Gasteiger partial charge in [-0.2, -0.15) is 13.2 Å². The molecule has 3 atom stereocenters. The lowest BCUT2D eigenvalue weighted by Gasteiger charge is -2.25. The molecule has 14 heteroatoms. The smallest absolute Gasteiger partial charge is 0.416 e. The second-order valence-corrected chi connectivity index (χ2v) is 11.4. The van der Waals surface area contributed by atoms with Gasteiger partial charge in [-0.15, -0.1) is 0 Å². The number of carbonyl (C=O) groups excluding carboxylic acids is 2. The quantitative estimate of drug-likeness (QED) is 0.0886. The normalized spacial score (nSPS) is 13.2. The van der Waals surface area contributed by atoms with E-state index in [9.17, 15) is 41.8 Å². The van der Waals surface area contributed by atoms with Crippen LogP contribution in [0, 0.1) is 11.6 Å². The fraction of sp³-hybridized carbons (Fsp3) is 0.278. The van der Waals surface area contributed by atoms with Crippen LogP contribution in [0.25, 0.3) is 0 Å². The Hall–Kier alpha value is -5.05. The van der Waals surface area contributed by atoms with Crippen molar-refractivity contribution >= 4 is 17.5 Å². The van der Waals surface area contributed by atoms with E-state index in [0.29, 0.717) is 17.3 Å². The third kappa shape index (κ3) is 11.3. The predicted octanol–water partition coefficient (Wildman–Crippen LogP) is 5.21. The van der Waals surface area contributed by atoms with Gasteiger partial charge in [0.05, 0.1) is 30.4 Å². The Morgan fingerprint density at radius 1 is 0.840 bits per heavy atom. The summed E-state index contributed by atoms with van der Waals surface area (Å²) in [6.07, 6.45) is -5.95. The maximum Gasteiger partial charge on any atom is 0.416 e. The highest BCUT2D eigenvalue weighted by atomic mass is 19.4. The van der Waals surface area contributed by atoms with Crippen molar-refractivity contribution in [2.45, 2.75) is 37.8 Å². The Morgan fingerprint density at radius 2 is 1.50 bits per heavy atom. The van der Waals surface area contributed by atoms with E-state index in [4.69, 9.17) is 4.74 Å². The van der Waals surface area contributed by atoms with Crippen molar-refractivity contribution in [2.75, 3.05) is 31.6 Å². The molecule has 4 aromatic carbocycles. The summed E-state index contributed by atoms with van der Waals surface area (Å²) in [7, 11) is 0. The molecule has 3 unspecified atom stereocenters. The number of halogens is 5. The van der Waals surface area contributed by atoms with Gasteiger partial charge in [0.2, 0.25) is 0 Å². The first-order valence-corrected chi connectivity index (χ1v) is 15.6. The van der Waals surface area contributed by atoms with Gasteiger partial charge in [-0.25, -0.2) is 8.78 Å². The molecule has 0 heterocycles. The molecule has 0 aliphatic carbocycles. The van der Waals surface area contributed by atoms with Gasteiger partial charge in [-0.05, 0) is 42.3 Å². The fourth-order valence-corrected chi connectivity index (χ4v) is 4.96. The van der Waals surface area contributed by atoms with E-state index >= 15 is 0 Å². The lowest BCUT2D eigenvalue weighted by Crippen LogP contribution is -2.50. The van der Waals surface area contributed by atoms with E-state index in [2.05, 4.69) is 21.3 Å². The van der Waals surface area contributed by atoms with Gasteiger partial charge < -0.3 is 36.2 Å². The molecule has 0 spiro atoms. The number of benzene rings is 4. The Labute approximate surface area is 285 Å². The molecule has 4 rings (SSSR count). The van der Waals surface area contributed by atoms with Crippen LogP contribution in [0.4, 0.5) is 27.6 Å². The summed E-state index contributed by atoms with van der Waals surface area (Å²) in [5.41, 5.74) is 0.763. The summed E-state index contributed by atoms with van der Waals surface area (Å²) in [4.78, 5) is 26.9. The minimum atomic E-state index is -4.54. The third-order valence-corrected chi connectivity index (χ3v) is 7.53. The number of aliphatic hydroxyl groups is 2. The lowest BCUT2D eigenvalue weighted by molar-refractivity contribution is -0.137. The summed E-state index contributed by atoms with van der Waals surface area (Å²) >= 11 is 0. The van der Waals surface area contributed by atoms with Crippen LogP contribution in [0.15, 0.2) is 91.0 Å². The van der Waals surface area contributed by atoms with Crippen LogP contribution in [0.5, 0.6) is 5.75 Å². The molecule has 6 N–H and O–H groups in total. The van der Waals surface area contributed by atoms with Crippen LogP contribution in [-0.4, -0.2) is 60.5 Å². The number of carbonyl (C=O) groups is 2. The number of aliphatic hydroxyl groups excluding tert-OH is 2. The predicted molar refractivity (Wildman–Crippen MR) is 177 cm³/mol. The zero-order chi connectivity index (χ0) is 36.3. The summed E-state index contributed by atoms with van der Waals surface area (Å²) in [6.45, 7) is 0.922. The number of ether oxygens (including phenoxy) is 1. The molecule has 266 valence electrons. The molecule has 0 aliphatic rings. The first-order valence-electron chi connectivity index (χ1n) is 15.6. The Bertz CT molecular complexity index is 1720. The minimum Gasteiger partial charge on any atom is -0.491 e. The SMILES string of the molecule is CC(NC(=O)c1cc(NCCO)cc(C(=O)NC(COc2cc(F)cc(F)c2)C(O)CNCc2cccc(C(F)(F)F)c2)c1)c1ccccc1. The Balaban J connectivity index is 1.53. The van der Waals surface area contributed by atoms with Crippen molar-refractivity contribution in [2.24, 2.45) is 0 Å². The van der Waals surface area contributed by atoms with Crippen LogP contribution in [-0.2, 0) is 12.7 Å². The van der Waals surface area contributed by atoms with Crippen LogP contribution >= 0.6 is 0 Å². The molecule has 4 aromatic rings. The molecule has 50 heavy (non-hydrogen) atoms. The maximum absolute atomic E-state index is 13.8. The Morgan fingerprint density at radius 3 is 2.14 bits per heavy atom. The van der Waals surface area contributed by atoms with E-state index < -0.39 is 53.9 Å². The summed E-state index contributed by atoms with van der Waals surface area (Å²) in [6, 6.07) is 19.0. The number of nitrogens with one attached hydrogen (secondary N) is 4. The first kappa shape index (κ1) is 37.8. The standard InChI is InChI=1S/C36H37F5N4O5/c1-22(24-7-3-2-4-8-24)44-34(48)25-13-26(15-30(14-25)43-10-11-46)35(49)45-32(21-50-31-17-28(37)16-29(38)18-31)33(47)20-42-19-23-6-5-9-27(12-23)36(39,40)41/h2-9,12-18,22,32-33,42-43,46-47H,10-11,19-21H2,1H3,(H,44,48)(H,45,49). The van der Waals surface area contributed by atoms with Crippen LogP contribution in [0.1, 0.15) is 50.4 Å². The highest BCUT2D eigenvalue weighted by Gasteiger charge is 2.30. The minimum absolute atomic E-state index is 0.00335. The lowest BCUT2D eigenvalue weighted by atomic mass is 10.0. The average molecular weight is 701 g/mol. The van der Waals surface area contributed by atoms with E-state index in [1.165, 1.54) is 30.3 Å². The van der Waals surface area contributed by atoms with Crippen molar-refractivity contribution in [1.82, 2.24) is 16.0 Å². The molecule has 0 radical (unpaired) electrons. The summed E-state index contributed by atoms with van der Waals surface area (Å²) in [5.74, 6) is -3.28. The molecule has 0 saturated heterocycles. The largest absolute Gasteiger partial charge is 0.491 e. The van der Waals surface area contributed by atoms with E-state index in [-0.39, 0.29) is 49.2 Å². The molecule has 0 aliphatic heterocycles. The molecule has 9 nitrogen and oxygen atoms in total. The molecule has 0 aromatic heterocycles. The highest BCUT2D eigenvalue weighted by molar-refractivity contribution is 6.01. The Kier molecular flexibility index (Phi) is 13.3. The number of rotatable bonds is 16. The van der Waals surface area contributed by atoms with Crippen molar-refractivity contribution in [3.8, 4) is 5.75 Å². The number of hydrogen-bond acceptors (Lipinski definition) is 7. The third-order valence-electron chi connectivity index (χ3n) is 7.53. The van der Waals surface area contributed by atoms with Crippen molar-refractivity contribution < 1.29 is 46.5 Å². The molecular formula is C36H37F5N4O5. The zero-order valence-corrected chi connectivity index (χ0v) is 26.9. The zero-order valence-electron chi connectivity index (χ0n) is 26.9. The summed E-state index contributed by atoms with van der Waals surface area (Å²) in [5, 5.41) is 31.7. The molecular weight excluding hydrogens is 663 g/mol. The molecule has 2 amide bonds. The van der Waals surface area contributed by atoms with Crippen molar-refractivity contribution in [3.63, 3.8) is 0 Å². The number of amides is 2. The van der Waals surface area contributed by atoms with E-state index in [0.717, 1.165) is 29.8 Å². The molecule has 0 saturated carbocycles. The highest BCUT2D eigenvalue weighted by Crippen LogP contribution is 2.29. The van der Waals surface area contributed by atoms with Crippen molar-refractivity contribution in [3.05, 3.63) is 130 Å². The topological polar surface area (TPSA) is 132 Å². The second kappa shape index (κ2) is 17.6. The van der Waals surface area contributed by atoms with Gasteiger partial charge in [0.15, 0.2) is 0 Å². The average Bonchev–Trinajstić information content (AvgIpc) is 3.08. The molecule has 0 bridgehead atoms. The van der Waals surface area contributed by atoms with Crippen LogP contribution < -0.4 is 26.0 Å². The number of alkyl halides is 3. The van der Waals surface area contributed by atoms with Gasteiger partial charge >= 0.3 is 6.18 Å². The van der Waals surface area contributed by atoms with Gasteiger partial charge in [0, 0.05) is 54.6 Å². The van der Waals surface area contributed by atoms with Gasteiger partial charge in [0.1, 0.15) is 24.0 Å². The second-order valence-electron chi connectivity index (χ2n) is 11.4. The number of hydrogen-bond donors (Lipinski definition) is 6. The fourth-order valence-electron chi connectivity index (χ4n) is 4.96. The van der Waals surface area contributed by atoms with Gasteiger partial charge in [0.25, 0.3) is 11.8 Å². The maximum atomic E-state index is 13.8. The van der Waals surface area contributed by atoms with Crippen LogP contribution in [0.2, 0.25) is 0 Å².